The van der Waals surface area contributed by atoms with Crippen LogP contribution in [0.3, 0.4) is 0 Å². The van der Waals surface area contributed by atoms with Gasteiger partial charge in [0, 0.05) is 19.3 Å². The molecule has 0 spiro atoms. The van der Waals surface area contributed by atoms with Gasteiger partial charge in [0.2, 0.25) is 0 Å². The predicted octanol–water partition coefficient (Wildman–Crippen LogP) is 17.4. The summed E-state index contributed by atoms with van der Waals surface area (Å²) in [5, 5.41) is 0. The number of hydrogen-bond acceptors (Lipinski definition) is 6. The third-order valence-electron chi connectivity index (χ3n) is 11.2. The summed E-state index contributed by atoms with van der Waals surface area (Å²) in [5.74, 6) is -0.888. The van der Waals surface area contributed by atoms with Gasteiger partial charge < -0.3 is 14.2 Å². The Kier molecular flexibility index (Phi) is 48.9. The molecular weight excluding hydrogens is 781 g/mol. The maximum absolute atomic E-state index is 12.6. The lowest BCUT2D eigenvalue weighted by Crippen LogP contribution is -2.30. The molecule has 63 heavy (non-hydrogen) atoms. The number of hydrogen-bond donors (Lipinski definition) is 0. The highest BCUT2D eigenvalue weighted by atomic mass is 16.6. The number of rotatable bonds is 47. The molecule has 0 radical (unpaired) electrons. The summed E-state index contributed by atoms with van der Waals surface area (Å²) >= 11 is 0. The van der Waals surface area contributed by atoms with Gasteiger partial charge in [-0.1, -0.05) is 235 Å². The lowest BCUT2D eigenvalue weighted by Gasteiger charge is -2.18. The largest absolute Gasteiger partial charge is 0.462 e. The molecule has 0 N–H and O–H groups in total. The van der Waals surface area contributed by atoms with Crippen LogP contribution in [-0.4, -0.2) is 37.2 Å². The standard InChI is InChI=1S/C57H98O6/c1-4-7-10-13-16-18-19-20-21-22-23-24-25-26-27-28-29-30-31-32-33-34-35-36-37-38-39-40-42-44-47-50-56(59)62-53-54(52-61-55(58)49-46-43-15-12-9-6-3)63-57(60)51-48-45-41-17-14-11-8-5-2/h7,10,16,18,20-21,23-24,26-27,29-30,54H,4-6,8-9,11-15,17,19,22,25,28,31-53H2,1-3H3/b10-7-,18-16-,21-20-,24-23-,27-26-,30-29-. The van der Waals surface area contributed by atoms with E-state index in [1.54, 1.807) is 0 Å². The Hall–Kier alpha value is -3.15. The molecule has 1 atom stereocenters. The summed E-state index contributed by atoms with van der Waals surface area (Å²) in [6.45, 7) is 6.43. The molecular formula is C57H98O6. The van der Waals surface area contributed by atoms with Crippen molar-refractivity contribution in [2.45, 2.75) is 258 Å². The van der Waals surface area contributed by atoms with Crippen LogP contribution in [0.5, 0.6) is 0 Å². The average Bonchev–Trinajstić information content (AvgIpc) is 3.28. The maximum atomic E-state index is 12.6. The molecule has 0 aromatic carbocycles. The summed E-state index contributed by atoms with van der Waals surface area (Å²) in [7, 11) is 0. The van der Waals surface area contributed by atoms with Crippen molar-refractivity contribution in [1.29, 1.82) is 0 Å². The molecule has 6 heteroatoms. The number of carbonyl (C=O) groups excluding carboxylic acids is 3. The Balaban J connectivity index is 3.95. The van der Waals surface area contributed by atoms with Crippen LogP contribution < -0.4 is 0 Å². The third-order valence-corrected chi connectivity index (χ3v) is 11.2. The smallest absolute Gasteiger partial charge is 0.306 e. The van der Waals surface area contributed by atoms with Crippen LogP contribution in [0.4, 0.5) is 0 Å². The van der Waals surface area contributed by atoms with E-state index in [1.165, 1.54) is 116 Å². The van der Waals surface area contributed by atoms with Crippen LogP contribution in [-0.2, 0) is 28.6 Å². The Morgan fingerprint density at radius 1 is 0.333 bits per heavy atom. The molecule has 0 aliphatic rings. The molecule has 0 heterocycles. The van der Waals surface area contributed by atoms with E-state index in [-0.39, 0.29) is 31.1 Å². The van der Waals surface area contributed by atoms with Crippen molar-refractivity contribution in [2.75, 3.05) is 13.2 Å². The van der Waals surface area contributed by atoms with Gasteiger partial charge in [-0.05, 0) is 70.6 Å². The minimum Gasteiger partial charge on any atom is -0.462 e. The number of allylic oxidation sites excluding steroid dienone is 12. The monoisotopic (exact) mass is 879 g/mol. The van der Waals surface area contributed by atoms with Gasteiger partial charge in [-0.25, -0.2) is 0 Å². The molecule has 362 valence electrons. The van der Waals surface area contributed by atoms with Crippen molar-refractivity contribution in [3.8, 4) is 0 Å². The Labute approximate surface area is 389 Å². The zero-order valence-corrected chi connectivity index (χ0v) is 41.3. The molecule has 0 fully saturated rings. The van der Waals surface area contributed by atoms with Crippen LogP contribution in [0.2, 0.25) is 0 Å². The fraction of sp³-hybridized carbons (Fsp3) is 0.737. The zero-order chi connectivity index (χ0) is 45.8. The summed E-state index contributed by atoms with van der Waals surface area (Å²) in [6.07, 6.45) is 65.1. The topological polar surface area (TPSA) is 78.9 Å². The predicted molar refractivity (Wildman–Crippen MR) is 270 cm³/mol. The fourth-order valence-corrected chi connectivity index (χ4v) is 7.27. The first kappa shape index (κ1) is 59.9. The number of carbonyl (C=O) groups is 3. The Morgan fingerprint density at radius 2 is 0.619 bits per heavy atom. The van der Waals surface area contributed by atoms with Crippen LogP contribution in [0.15, 0.2) is 72.9 Å². The van der Waals surface area contributed by atoms with Gasteiger partial charge in [0.05, 0.1) is 0 Å². The minimum atomic E-state index is -0.766. The van der Waals surface area contributed by atoms with Gasteiger partial charge in [-0.15, -0.1) is 0 Å². The van der Waals surface area contributed by atoms with Crippen molar-refractivity contribution in [1.82, 2.24) is 0 Å². The van der Waals surface area contributed by atoms with E-state index in [2.05, 4.69) is 93.7 Å². The van der Waals surface area contributed by atoms with E-state index < -0.39 is 6.10 Å². The molecule has 1 unspecified atom stereocenters. The van der Waals surface area contributed by atoms with Gasteiger partial charge in [-0.2, -0.15) is 0 Å². The van der Waals surface area contributed by atoms with Crippen LogP contribution in [0, 0.1) is 0 Å². The molecule has 0 aromatic heterocycles. The number of ether oxygens (including phenoxy) is 3. The van der Waals surface area contributed by atoms with Crippen LogP contribution in [0.25, 0.3) is 0 Å². The van der Waals surface area contributed by atoms with Crippen molar-refractivity contribution in [3.05, 3.63) is 72.9 Å². The molecule has 0 bridgehead atoms. The molecule has 6 nitrogen and oxygen atoms in total. The van der Waals surface area contributed by atoms with E-state index in [9.17, 15) is 14.4 Å². The van der Waals surface area contributed by atoms with E-state index >= 15 is 0 Å². The first-order valence-electron chi connectivity index (χ1n) is 26.4. The van der Waals surface area contributed by atoms with Gasteiger partial charge in [0.1, 0.15) is 13.2 Å². The van der Waals surface area contributed by atoms with E-state index in [1.807, 2.05) is 0 Å². The highest BCUT2D eigenvalue weighted by molar-refractivity contribution is 5.71. The van der Waals surface area contributed by atoms with Crippen molar-refractivity contribution < 1.29 is 28.6 Å². The minimum absolute atomic E-state index is 0.0732. The molecule has 0 aliphatic heterocycles. The van der Waals surface area contributed by atoms with Gasteiger partial charge >= 0.3 is 17.9 Å². The normalized spacial score (nSPS) is 12.6. The van der Waals surface area contributed by atoms with Gasteiger partial charge in [0.15, 0.2) is 6.10 Å². The molecule has 0 saturated heterocycles. The first-order valence-corrected chi connectivity index (χ1v) is 26.4. The molecule has 0 aromatic rings. The second-order valence-electron chi connectivity index (χ2n) is 17.4. The van der Waals surface area contributed by atoms with Crippen LogP contribution >= 0.6 is 0 Å². The zero-order valence-electron chi connectivity index (χ0n) is 41.3. The highest BCUT2D eigenvalue weighted by Crippen LogP contribution is 2.15. The van der Waals surface area contributed by atoms with Crippen molar-refractivity contribution in [3.63, 3.8) is 0 Å². The van der Waals surface area contributed by atoms with E-state index in [4.69, 9.17) is 14.2 Å². The molecule has 0 saturated carbocycles. The maximum Gasteiger partial charge on any atom is 0.306 e. The van der Waals surface area contributed by atoms with E-state index in [0.717, 1.165) is 96.3 Å². The van der Waals surface area contributed by atoms with Crippen molar-refractivity contribution >= 4 is 17.9 Å². The van der Waals surface area contributed by atoms with Crippen LogP contribution in [0.1, 0.15) is 252 Å². The second kappa shape index (κ2) is 51.5. The SMILES string of the molecule is CC/C=C\C/C=C\C/C=C\C/C=C\C/C=C\C/C=C\CCCCCCCCCCCCCCC(=O)OCC(COC(=O)CCCCCCCC)OC(=O)CCCCCCCCCC. The summed E-state index contributed by atoms with van der Waals surface area (Å²) in [6, 6.07) is 0. The second-order valence-corrected chi connectivity index (χ2v) is 17.4. The van der Waals surface area contributed by atoms with Crippen molar-refractivity contribution in [2.24, 2.45) is 0 Å². The van der Waals surface area contributed by atoms with Gasteiger partial charge in [-0.3, -0.25) is 14.4 Å². The molecule has 0 amide bonds. The molecule has 0 aliphatic carbocycles. The average molecular weight is 879 g/mol. The molecule has 0 rings (SSSR count). The summed E-state index contributed by atoms with van der Waals surface area (Å²) in [4.78, 5) is 37.5. The highest BCUT2D eigenvalue weighted by Gasteiger charge is 2.19. The third kappa shape index (κ3) is 49.7. The van der Waals surface area contributed by atoms with Gasteiger partial charge in [0.25, 0.3) is 0 Å². The Bertz CT molecular complexity index is 1190. The lowest BCUT2D eigenvalue weighted by molar-refractivity contribution is -0.167. The Morgan fingerprint density at radius 3 is 0.968 bits per heavy atom. The summed E-state index contributed by atoms with van der Waals surface area (Å²) in [5.41, 5.74) is 0. The summed E-state index contributed by atoms with van der Waals surface area (Å²) < 4.78 is 16.6. The fourth-order valence-electron chi connectivity index (χ4n) is 7.27. The first-order chi connectivity index (χ1) is 31.0. The number of esters is 3. The van der Waals surface area contributed by atoms with E-state index in [0.29, 0.717) is 19.3 Å². The lowest BCUT2D eigenvalue weighted by atomic mass is 10.0. The number of unbranched alkanes of at least 4 members (excludes halogenated alkanes) is 24. The quantitative estimate of drug-likeness (QED) is 0.0262.